The third kappa shape index (κ3) is 5.45. The van der Waals surface area contributed by atoms with E-state index >= 15 is 0 Å². The molecule has 0 spiro atoms. The number of anilines is 1. The first-order valence-corrected chi connectivity index (χ1v) is 11.3. The first-order valence-electron chi connectivity index (χ1n) is 10.5. The van der Waals surface area contributed by atoms with Crippen LogP contribution < -0.4 is 20.1 Å². The molecule has 2 amide bonds. The number of carbonyl (C=O) groups is 2. The van der Waals surface area contributed by atoms with Crippen LogP contribution in [0, 0.1) is 6.92 Å². The van der Waals surface area contributed by atoms with Gasteiger partial charge in [0, 0.05) is 29.9 Å². The number of hydrogen-bond donors (Lipinski definition) is 2. The first kappa shape index (κ1) is 21.8. The Morgan fingerprint density at radius 3 is 2.81 bits per heavy atom. The average molecular weight is 452 g/mol. The SMILES string of the molecule is CC(=O)NC1CCOc2ccc(-c3csc(NC(=O)CCOc4ccc(C)cc4)n3)cc21. The van der Waals surface area contributed by atoms with Crippen LogP contribution >= 0.6 is 11.3 Å². The number of ether oxygens (including phenoxy) is 2. The van der Waals surface area contributed by atoms with Gasteiger partial charge in [-0.15, -0.1) is 11.3 Å². The minimum absolute atomic E-state index is 0.0710. The summed E-state index contributed by atoms with van der Waals surface area (Å²) in [5, 5.41) is 8.24. The van der Waals surface area contributed by atoms with E-state index in [-0.39, 0.29) is 24.3 Å². The normalized spacial score (nSPS) is 14.8. The molecule has 0 saturated carbocycles. The summed E-state index contributed by atoms with van der Waals surface area (Å²) >= 11 is 1.37. The van der Waals surface area contributed by atoms with Crippen molar-refractivity contribution in [2.75, 3.05) is 18.5 Å². The Bertz CT molecular complexity index is 1110. The van der Waals surface area contributed by atoms with Gasteiger partial charge in [-0.25, -0.2) is 4.98 Å². The number of rotatable bonds is 7. The minimum atomic E-state index is -0.150. The molecule has 0 radical (unpaired) electrons. The van der Waals surface area contributed by atoms with Crippen LogP contribution in [0.1, 0.15) is 36.9 Å². The lowest BCUT2D eigenvalue weighted by molar-refractivity contribution is -0.120. The van der Waals surface area contributed by atoms with Crippen LogP contribution in [-0.2, 0) is 9.59 Å². The smallest absolute Gasteiger partial charge is 0.229 e. The van der Waals surface area contributed by atoms with Crippen molar-refractivity contribution in [2.24, 2.45) is 0 Å². The summed E-state index contributed by atoms with van der Waals surface area (Å²) < 4.78 is 11.3. The van der Waals surface area contributed by atoms with Crippen molar-refractivity contribution in [1.29, 1.82) is 0 Å². The summed E-state index contributed by atoms with van der Waals surface area (Å²) in [6.45, 7) is 4.39. The Morgan fingerprint density at radius 1 is 1.22 bits per heavy atom. The fourth-order valence-electron chi connectivity index (χ4n) is 3.49. The molecular formula is C24H25N3O4S. The van der Waals surface area contributed by atoms with Crippen LogP contribution in [0.5, 0.6) is 11.5 Å². The third-order valence-electron chi connectivity index (χ3n) is 5.09. The Morgan fingerprint density at radius 2 is 2.03 bits per heavy atom. The van der Waals surface area contributed by atoms with Crippen molar-refractivity contribution in [1.82, 2.24) is 10.3 Å². The number of nitrogens with zero attached hydrogens (tertiary/aromatic N) is 1. The number of aromatic nitrogens is 1. The monoisotopic (exact) mass is 451 g/mol. The second kappa shape index (κ2) is 9.82. The quantitative estimate of drug-likeness (QED) is 0.553. The van der Waals surface area contributed by atoms with Crippen LogP contribution in [0.2, 0.25) is 0 Å². The molecular weight excluding hydrogens is 426 g/mol. The molecule has 2 N–H and O–H groups in total. The second-order valence-corrected chi connectivity index (χ2v) is 8.50. The molecule has 1 unspecified atom stereocenters. The molecule has 1 aromatic heterocycles. The van der Waals surface area contributed by atoms with E-state index in [1.54, 1.807) is 0 Å². The van der Waals surface area contributed by atoms with Crippen LogP contribution in [0.25, 0.3) is 11.3 Å². The molecule has 0 bridgehead atoms. The summed E-state index contributed by atoms with van der Waals surface area (Å²) in [7, 11) is 0. The van der Waals surface area contributed by atoms with Gasteiger partial charge in [0.2, 0.25) is 11.8 Å². The summed E-state index contributed by atoms with van der Waals surface area (Å²) in [6.07, 6.45) is 0.955. The second-order valence-electron chi connectivity index (χ2n) is 7.64. The molecule has 166 valence electrons. The van der Waals surface area contributed by atoms with E-state index in [0.29, 0.717) is 18.3 Å². The lowest BCUT2D eigenvalue weighted by Gasteiger charge is -2.26. The maximum absolute atomic E-state index is 12.3. The van der Waals surface area contributed by atoms with E-state index in [4.69, 9.17) is 9.47 Å². The van der Waals surface area contributed by atoms with Crippen molar-refractivity contribution >= 4 is 28.3 Å². The van der Waals surface area contributed by atoms with Gasteiger partial charge in [-0.2, -0.15) is 0 Å². The van der Waals surface area contributed by atoms with Gasteiger partial charge < -0.3 is 20.1 Å². The number of thiazole rings is 1. The molecule has 3 aromatic rings. The van der Waals surface area contributed by atoms with Crippen molar-refractivity contribution in [3.8, 4) is 22.8 Å². The Kier molecular flexibility index (Phi) is 6.70. The van der Waals surface area contributed by atoms with E-state index in [1.807, 2.05) is 54.8 Å². The van der Waals surface area contributed by atoms with Gasteiger partial charge in [0.1, 0.15) is 11.5 Å². The van der Waals surface area contributed by atoms with Crippen LogP contribution in [0.4, 0.5) is 5.13 Å². The van der Waals surface area contributed by atoms with Gasteiger partial charge in [-0.05, 0) is 37.3 Å². The summed E-state index contributed by atoms with van der Waals surface area (Å²) in [6, 6.07) is 13.5. The molecule has 0 saturated heterocycles. The lowest BCUT2D eigenvalue weighted by atomic mass is 9.97. The van der Waals surface area contributed by atoms with Crippen molar-refractivity contribution in [3.05, 3.63) is 59.0 Å². The molecule has 1 aliphatic heterocycles. The fourth-order valence-corrected chi connectivity index (χ4v) is 4.23. The predicted octanol–water partition coefficient (Wildman–Crippen LogP) is 4.49. The molecule has 1 atom stereocenters. The molecule has 2 aromatic carbocycles. The highest BCUT2D eigenvalue weighted by atomic mass is 32.1. The molecule has 0 fully saturated rings. The van der Waals surface area contributed by atoms with Gasteiger partial charge in [0.25, 0.3) is 0 Å². The lowest BCUT2D eigenvalue weighted by Crippen LogP contribution is -2.30. The van der Waals surface area contributed by atoms with Crippen molar-refractivity contribution in [3.63, 3.8) is 0 Å². The summed E-state index contributed by atoms with van der Waals surface area (Å²) in [5.41, 5.74) is 3.77. The highest BCUT2D eigenvalue weighted by Crippen LogP contribution is 2.36. The molecule has 2 heterocycles. The fraction of sp³-hybridized carbons (Fsp3) is 0.292. The van der Waals surface area contributed by atoms with E-state index < -0.39 is 0 Å². The van der Waals surface area contributed by atoms with Gasteiger partial charge in [-0.3, -0.25) is 9.59 Å². The largest absolute Gasteiger partial charge is 0.493 e. The molecule has 8 heteroatoms. The summed E-state index contributed by atoms with van der Waals surface area (Å²) in [5.74, 6) is 1.30. The number of hydrogen-bond acceptors (Lipinski definition) is 6. The van der Waals surface area contributed by atoms with Gasteiger partial charge in [0.05, 0.1) is 31.4 Å². The third-order valence-corrected chi connectivity index (χ3v) is 5.85. The number of carbonyl (C=O) groups excluding carboxylic acids is 2. The zero-order valence-corrected chi connectivity index (χ0v) is 18.8. The number of nitrogens with one attached hydrogen (secondary N) is 2. The topological polar surface area (TPSA) is 89.6 Å². The van der Waals surface area contributed by atoms with Crippen LogP contribution in [0.15, 0.2) is 47.8 Å². The first-order chi connectivity index (χ1) is 15.5. The van der Waals surface area contributed by atoms with Gasteiger partial charge in [-0.1, -0.05) is 17.7 Å². The Labute approximate surface area is 190 Å². The van der Waals surface area contributed by atoms with Crippen molar-refractivity contribution in [2.45, 2.75) is 32.7 Å². The van der Waals surface area contributed by atoms with Crippen LogP contribution in [-0.4, -0.2) is 30.0 Å². The van der Waals surface area contributed by atoms with E-state index in [9.17, 15) is 9.59 Å². The highest BCUT2D eigenvalue weighted by molar-refractivity contribution is 7.14. The molecule has 1 aliphatic rings. The minimum Gasteiger partial charge on any atom is -0.493 e. The Balaban J connectivity index is 1.36. The van der Waals surface area contributed by atoms with E-state index in [1.165, 1.54) is 18.3 Å². The van der Waals surface area contributed by atoms with Gasteiger partial charge >= 0.3 is 0 Å². The molecule has 0 aliphatic carbocycles. The highest BCUT2D eigenvalue weighted by Gasteiger charge is 2.23. The zero-order valence-electron chi connectivity index (χ0n) is 18.0. The number of benzene rings is 2. The zero-order chi connectivity index (χ0) is 22.5. The maximum Gasteiger partial charge on any atom is 0.229 e. The Hall–Kier alpha value is -3.39. The van der Waals surface area contributed by atoms with E-state index in [0.717, 1.165) is 40.3 Å². The van der Waals surface area contributed by atoms with Crippen molar-refractivity contribution < 1.29 is 19.1 Å². The number of aryl methyl sites for hydroxylation is 1. The molecule has 7 nitrogen and oxygen atoms in total. The maximum atomic E-state index is 12.3. The van der Waals surface area contributed by atoms with Gasteiger partial charge in [0.15, 0.2) is 5.13 Å². The molecule has 4 rings (SSSR count). The van der Waals surface area contributed by atoms with E-state index in [2.05, 4.69) is 15.6 Å². The number of amides is 2. The molecule has 32 heavy (non-hydrogen) atoms. The predicted molar refractivity (Wildman–Crippen MR) is 124 cm³/mol. The average Bonchev–Trinajstić information content (AvgIpc) is 3.23. The number of fused-ring (bicyclic) bond motifs is 1. The standard InChI is InChI=1S/C24H25N3O4S/c1-15-3-6-18(7-4-15)30-12-10-23(29)27-24-26-21(14-32-24)17-5-8-22-19(13-17)20(9-11-31-22)25-16(2)28/h3-8,13-14,20H,9-12H2,1-2H3,(H,25,28)(H,26,27,29). The summed E-state index contributed by atoms with van der Waals surface area (Å²) in [4.78, 5) is 28.3. The van der Waals surface area contributed by atoms with Crippen LogP contribution in [0.3, 0.4) is 0 Å².